The summed E-state index contributed by atoms with van der Waals surface area (Å²) in [5, 5.41) is 3.14. The van der Waals surface area contributed by atoms with Gasteiger partial charge in [0, 0.05) is 12.2 Å². The van der Waals surface area contributed by atoms with Crippen molar-refractivity contribution in [2.75, 3.05) is 18.4 Å². The first-order valence-corrected chi connectivity index (χ1v) is 8.94. The number of nitrogens with zero attached hydrogens (tertiary/aromatic N) is 1. The summed E-state index contributed by atoms with van der Waals surface area (Å²) < 4.78 is 0. The van der Waals surface area contributed by atoms with Gasteiger partial charge < -0.3 is 5.32 Å². The number of likely N-dealkylation sites (tertiary alicyclic amines) is 1. The van der Waals surface area contributed by atoms with Gasteiger partial charge in [-0.15, -0.1) is 0 Å². The van der Waals surface area contributed by atoms with Crippen LogP contribution in [0.25, 0.3) is 0 Å². The van der Waals surface area contributed by atoms with Crippen LogP contribution in [-0.4, -0.2) is 29.9 Å². The average Bonchev–Trinajstić information content (AvgIpc) is 3.42. The number of hydrogen-bond donors (Lipinski definition) is 1. The Morgan fingerprint density at radius 3 is 2.50 bits per heavy atom. The molecule has 1 heterocycles. The molecule has 1 amide bonds. The normalized spacial score (nSPS) is 25.9. The molecule has 1 aromatic rings. The summed E-state index contributed by atoms with van der Waals surface area (Å²) in [4.78, 5) is 15.1. The lowest BCUT2D eigenvalue weighted by Gasteiger charge is -2.34. The molecule has 3 aliphatic rings. The molecule has 1 atom stereocenters. The Kier molecular flexibility index (Phi) is 3.91. The lowest BCUT2D eigenvalue weighted by Crippen LogP contribution is -2.47. The molecule has 118 valence electrons. The summed E-state index contributed by atoms with van der Waals surface area (Å²) in [6.45, 7) is 2.22. The fourth-order valence-electron chi connectivity index (χ4n) is 3.62. The number of piperidine rings is 1. The SMILES string of the molecule is O=C(Nc1ccc(C2CC2)cc1)[C@H]1CCCCN1CC1CC1. The quantitative estimate of drug-likeness (QED) is 0.897. The highest BCUT2D eigenvalue weighted by Crippen LogP contribution is 2.40. The van der Waals surface area contributed by atoms with Crippen LogP contribution in [0.3, 0.4) is 0 Å². The number of anilines is 1. The molecule has 1 N–H and O–H groups in total. The van der Waals surface area contributed by atoms with E-state index in [9.17, 15) is 4.79 Å². The summed E-state index contributed by atoms with van der Waals surface area (Å²) in [6.07, 6.45) is 8.79. The van der Waals surface area contributed by atoms with E-state index in [0.717, 1.165) is 37.0 Å². The van der Waals surface area contributed by atoms with Crippen molar-refractivity contribution in [2.24, 2.45) is 5.92 Å². The summed E-state index contributed by atoms with van der Waals surface area (Å²) in [6, 6.07) is 8.57. The smallest absolute Gasteiger partial charge is 0.241 e. The first kappa shape index (κ1) is 14.3. The Morgan fingerprint density at radius 2 is 1.82 bits per heavy atom. The van der Waals surface area contributed by atoms with E-state index < -0.39 is 0 Å². The zero-order valence-corrected chi connectivity index (χ0v) is 13.3. The van der Waals surface area contributed by atoms with Gasteiger partial charge in [-0.05, 0) is 74.6 Å². The highest BCUT2D eigenvalue weighted by Gasteiger charge is 2.33. The third-order valence-electron chi connectivity index (χ3n) is 5.33. The van der Waals surface area contributed by atoms with Crippen molar-refractivity contribution in [2.45, 2.75) is 56.9 Å². The summed E-state index contributed by atoms with van der Waals surface area (Å²) in [5.41, 5.74) is 2.37. The van der Waals surface area contributed by atoms with Crippen LogP contribution in [-0.2, 0) is 4.79 Å². The maximum atomic E-state index is 12.7. The van der Waals surface area contributed by atoms with Crippen LogP contribution in [0.4, 0.5) is 5.69 Å². The van der Waals surface area contributed by atoms with Crippen LogP contribution in [0.15, 0.2) is 24.3 Å². The summed E-state index contributed by atoms with van der Waals surface area (Å²) in [5.74, 6) is 1.82. The molecule has 1 aromatic carbocycles. The second-order valence-corrected chi connectivity index (χ2v) is 7.34. The Balaban J connectivity index is 1.38. The number of amides is 1. The van der Waals surface area contributed by atoms with Crippen LogP contribution in [0.5, 0.6) is 0 Å². The van der Waals surface area contributed by atoms with Gasteiger partial charge >= 0.3 is 0 Å². The van der Waals surface area contributed by atoms with E-state index in [1.54, 1.807) is 0 Å². The second kappa shape index (κ2) is 6.04. The predicted molar refractivity (Wildman–Crippen MR) is 89.0 cm³/mol. The van der Waals surface area contributed by atoms with Crippen molar-refractivity contribution in [3.63, 3.8) is 0 Å². The molecule has 2 aliphatic carbocycles. The molecule has 1 saturated heterocycles. The van der Waals surface area contributed by atoms with Gasteiger partial charge in [-0.25, -0.2) is 0 Å². The van der Waals surface area contributed by atoms with Crippen LogP contribution in [0.1, 0.15) is 56.4 Å². The van der Waals surface area contributed by atoms with E-state index in [4.69, 9.17) is 0 Å². The summed E-state index contributed by atoms with van der Waals surface area (Å²) in [7, 11) is 0. The monoisotopic (exact) mass is 298 g/mol. The zero-order valence-electron chi connectivity index (χ0n) is 13.3. The number of nitrogens with one attached hydrogen (secondary N) is 1. The van der Waals surface area contributed by atoms with Gasteiger partial charge in [0.25, 0.3) is 0 Å². The van der Waals surface area contributed by atoms with Gasteiger partial charge in [-0.3, -0.25) is 9.69 Å². The van der Waals surface area contributed by atoms with Crippen molar-refractivity contribution >= 4 is 11.6 Å². The Bertz CT molecular complexity index is 531. The van der Waals surface area contributed by atoms with Crippen LogP contribution in [0.2, 0.25) is 0 Å². The van der Waals surface area contributed by atoms with Gasteiger partial charge in [0.05, 0.1) is 6.04 Å². The van der Waals surface area contributed by atoms with Crippen molar-refractivity contribution in [3.8, 4) is 0 Å². The highest BCUT2D eigenvalue weighted by atomic mass is 16.2. The number of rotatable bonds is 5. The zero-order chi connectivity index (χ0) is 14.9. The maximum Gasteiger partial charge on any atom is 0.241 e. The van der Waals surface area contributed by atoms with Crippen LogP contribution in [0, 0.1) is 5.92 Å². The number of benzene rings is 1. The predicted octanol–water partition coefficient (Wildman–Crippen LogP) is 3.77. The molecular formula is C19H26N2O. The molecule has 1 aliphatic heterocycles. The van der Waals surface area contributed by atoms with E-state index in [-0.39, 0.29) is 11.9 Å². The van der Waals surface area contributed by atoms with Gasteiger partial charge in [0.15, 0.2) is 0 Å². The molecule has 0 spiro atoms. The molecule has 0 bridgehead atoms. The third-order valence-corrected chi connectivity index (χ3v) is 5.33. The minimum absolute atomic E-state index is 0.0810. The molecule has 22 heavy (non-hydrogen) atoms. The molecule has 3 fully saturated rings. The topological polar surface area (TPSA) is 32.3 Å². The van der Waals surface area contributed by atoms with E-state index in [1.807, 2.05) is 0 Å². The Labute approximate surface area is 133 Å². The maximum absolute atomic E-state index is 12.7. The first-order valence-electron chi connectivity index (χ1n) is 8.94. The highest BCUT2D eigenvalue weighted by molar-refractivity contribution is 5.94. The lowest BCUT2D eigenvalue weighted by molar-refractivity contribution is -0.122. The van der Waals surface area contributed by atoms with E-state index in [0.29, 0.717) is 0 Å². The molecule has 0 radical (unpaired) electrons. The molecule has 0 aromatic heterocycles. The van der Waals surface area contributed by atoms with E-state index >= 15 is 0 Å². The largest absolute Gasteiger partial charge is 0.325 e. The minimum atomic E-state index is 0.0810. The molecule has 3 heteroatoms. The standard InChI is InChI=1S/C19H26N2O/c22-19(18-3-1-2-12-21(18)13-14-4-5-14)20-17-10-8-16(9-11-17)15-6-7-15/h8-11,14-15,18H,1-7,12-13H2,(H,20,22)/t18-/m1/s1. The molecule has 2 saturated carbocycles. The first-order chi connectivity index (χ1) is 10.8. The average molecular weight is 298 g/mol. The number of hydrogen-bond acceptors (Lipinski definition) is 2. The second-order valence-electron chi connectivity index (χ2n) is 7.34. The molecular weight excluding hydrogens is 272 g/mol. The fraction of sp³-hybridized carbons (Fsp3) is 0.632. The molecule has 3 nitrogen and oxygen atoms in total. The van der Waals surface area contributed by atoms with Crippen molar-refractivity contribution < 1.29 is 4.79 Å². The van der Waals surface area contributed by atoms with Crippen molar-refractivity contribution in [1.82, 2.24) is 4.90 Å². The van der Waals surface area contributed by atoms with Gasteiger partial charge in [0.2, 0.25) is 5.91 Å². The van der Waals surface area contributed by atoms with Crippen molar-refractivity contribution in [1.29, 1.82) is 0 Å². The van der Waals surface area contributed by atoms with Crippen molar-refractivity contribution in [3.05, 3.63) is 29.8 Å². The van der Waals surface area contributed by atoms with Gasteiger partial charge in [-0.2, -0.15) is 0 Å². The van der Waals surface area contributed by atoms with Crippen LogP contribution >= 0.6 is 0 Å². The van der Waals surface area contributed by atoms with E-state index in [1.165, 1.54) is 44.1 Å². The fourth-order valence-corrected chi connectivity index (χ4v) is 3.62. The number of carbonyl (C=O) groups is 1. The Morgan fingerprint density at radius 1 is 1.05 bits per heavy atom. The number of carbonyl (C=O) groups excluding carboxylic acids is 1. The lowest BCUT2D eigenvalue weighted by atomic mass is 10.0. The minimum Gasteiger partial charge on any atom is -0.325 e. The summed E-state index contributed by atoms with van der Waals surface area (Å²) >= 11 is 0. The van der Waals surface area contributed by atoms with Crippen LogP contribution < -0.4 is 5.32 Å². The third kappa shape index (κ3) is 3.35. The van der Waals surface area contributed by atoms with E-state index in [2.05, 4.69) is 34.5 Å². The van der Waals surface area contributed by atoms with Gasteiger partial charge in [-0.1, -0.05) is 18.6 Å². The Hall–Kier alpha value is -1.35. The molecule has 4 rings (SSSR count). The van der Waals surface area contributed by atoms with Gasteiger partial charge in [0.1, 0.15) is 0 Å². The molecule has 0 unspecified atom stereocenters.